The van der Waals surface area contributed by atoms with Crippen molar-refractivity contribution >= 4 is 46.2 Å². The number of aliphatic imine (C=N–C) groups is 1. The van der Waals surface area contributed by atoms with E-state index in [4.69, 9.17) is 11.6 Å². The van der Waals surface area contributed by atoms with Crippen molar-refractivity contribution in [3.63, 3.8) is 0 Å². The molecule has 118 valence electrons. The van der Waals surface area contributed by atoms with Gasteiger partial charge in [0.25, 0.3) is 5.91 Å². The largest absolute Gasteiger partial charge is 0.351 e. The molecule has 0 radical (unpaired) electrons. The van der Waals surface area contributed by atoms with Crippen molar-refractivity contribution in [2.45, 2.75) is 19.3 Å². The fraction of sp³-hybridized carbons (Fsp3) is 0.312. The summed E-state index contributed by atoms with van der Waals surface area (Å²) in [5, 5.41) is 1.20. The van der Waals surface area contributed by atoms with Crippen LogP contribution >= 0.6 is 23.4 Å². The number of rotatable bonds is 1. The molecule has 0 spiro atoms. The maximum absolute atomic E-state index is 12.2. The molecule has 1 fully saturated rings. The van der Waals surface area contributed by atoms with E-state index in [1.54, 1.807) is 6.08 Å². The van der Waals surface area contributed by atoms with Gasteiger partial charge in [0, 0.05) is 19.3 Å². The molecule has 2 aromatic rings. The van der Waals surface area contributed by atoms with Gasteiger partial charge in [-0.15, -0.1) is 0 Å². The van der Waals surface area contributed by atoms with Gasteiger partial charge < -0.3 is 4.90 Å². The van der Waals surface area contributed by atoms with Gasteiger partial charge in [-0.1, -0.05) is 17.7 Å². The summed E-state index contributed by atoms with van der Waals surface area (Å²) < 4.78 is 1.88. The molecular formula is C16H15ClN4OS. The number of nitrogens with zero attached hydrogens (tertiary/aromatic N) is 4. The van der Waals surface area contributed by atoms with Crippen LogP contribution in [0.3, 0.4) is 0 Å². The lowest BCUT2D eigenvalue weighted by atomic mass is 10.1. The van der Waals surface area contributed by atoms with Gasteiger partial charge in [-0.2, -0.15) is 4.99 Å². The average Bonchev–Trinajstić information content (AvgIpc) is 3.10. The van der Waals surface area contributed by atoms with E-state index >= 15 is 0 Å². The Morgan fingerprint density at radius 2 is 2.04 bits per heavy atom. The number of hydrogen-bond acceptors (Lipinski definition) is 4. The van der Waals surface area contributed by atoms with E-state index < -0.39 is 0 Å². The molecule has 1 saturated heterocycles. The molecule has 0 N–H and O–H groups in total. The first-order valence-electron chi connectivity index (χ1n) is 7.62. The molecule has 23 heavy (non-hydrogen) atoms. The first-order valence-corrected chi connectivity index (χ1v) is 8.82. The minimum Gasteiger partial charge on any atom is -0.351 e. The number of amidine groups is 1. The van der Waals surface area contributed by atoms with E-state index in [2.05, 4.69) is 14.9 Å². The summed E-state index contributed by atoms with van der Waals surface area (Å²) in [5.74, 6) is -0.197. The standard InChI is InChI=1S/C16H15ClN4OS/c17-14-11(21-9-5-2-6-13(21)18-14)10-12-15(22)19-16(23-12)20-7-3-1-4-8-20/h2,5-6,9-10H,1,3-4,7-8H2/b12-10-. The van der Waals surface area contributed by atoms with Gasteiger partial charge in [-0.05, 0) is 49.2 Å². The third-order valence-electron chi connectivity index (χ3n) is 4.03. The Hall–Kier alpha value is -1.79. The summed E-state index contributed by atoms with van der Waals surface area (Å²) in [4.78, 5) is 23.5. The molecule has 0 aliphatic carbocycles. The number of likely N-dealkylation sites (tertiary alicyclic amines) is 1. The normalized spacial score (nSPS) is 20.6. The highest BCUT2D eigenvalue weighted by Gasteiger charge is 2.27. The average molecular weight is 347 g/mol. The van der Waals surface area contributed by atoms with Crippen molar-refractivity contribution in [3.8, 4) is 0 Å². The predicted molar refractivity (Wildman–Crippen MR) is 93.6 cm³/mol. The van der Waals surface area contributed by atoms with Crippen LogP contribution in [0.15, 0.2) is 34.3 Å². The Bertz CT molecular complexity index is 836. The number of imidazole rings is 1. The molecule has 0 unspecified atom stereocenters. The SMILES string of the molecule is O=C1N=C(N2CCCCC2)S/C1=C\c1c(Cl)nc2ccccn12. The molecule has 2 aliphatic rings. The highest BCUT2D eigenvalue weighted by atomic mass is 35.5. The Morgan fingerprint density at radius 1 is 1.22 bits per heavy atom. The van der Waals surface area contributed by atoms with Gasteiger partial charge in [0.15, 0.2) is 10.3 Å². The zero-order chi connectivity index (χ0) is 15.8. The summed E-state index contributed by atoms with van der Waals surface area (Å²) in [5.41, 5.74) is 1.48. The van der Waals surface area contributed by atoms with Crippen molar-refractivity contribution in [1.82, 2.24) is 14.3 Å². The molecule has 0 bridgehead atoms. The van der Waals surface area contributed by atoms with Gasteiger partial charge in [0.05, 0.1) is 10.6 Å². The highest BCUT2D eigenvalue weighted by molar-refractivity contribution is 8.18. The summed E-state index contributed by atoms with van der Waals surface area (Å²) in [6.45, 7) is 1.95. The Morgan fingerprint density at radius 3 is 2.87 bits per heavy atom. The lowest BCUT2D eigenvalue weighted by Crippen LogP contribution is -2.33. The molecule has 4 rings (SSSR count). The molecule has 1 amide bonds. The topological polar surface area (TPSA) is 50.0 Å². The fourth-order valence-electron chi connectivity index (χ4n) is 2.86. The van der Waals surface area contributed by atoms with Gasteiger partial charge in [-0.3, -0.25) is 9.20 Å². The summed E-state index contributed by atoms with van der Waals surface area (Å²) in [6, 6.07) is 5.70. The zero-order valence-electron chi connectivity index (χ0n) is 12.4. The molecule has 2 aliphatic heterocycles. The number of piperidine rings is 1. The molecule has 0 aromatic carbocycles. The Kier molecular flexibility index (Phi) is 3.87. The summed E-state index contributed by atoms with van der Waals surface area (Å²) in [7, 11) is 0. The number of carbonyl (C=O) groups is 1. The number of thioether (sulfide) groups is 1. The van der Waals surface area contributed by atoms with E-state index in [0.29, 0.717) is 15.8 Å². The minimum absolute atomic E-state index is 0.197. The van der Waals surface area contributed by atoms with Crippen LogP contribution in [0.5, 0.6) is 0 Å². The molecule has 2 aromatic heterocycles. The summed E-state index contributed by atoms with van der Waals surface area (Å²) in [6.07, 6.45) is 7.24. The Balaban J connectivity index is 1.64. The van der Waals surface area contributed by atoms with E-state index in [1.807, 2.05) is 28.8 Å². The van der Waals surface area contributed by atoms with Crippen LogP contribution in [0.1, 0.15) is 25.0 Å². The lowest BCUT2D eigenvalue weighted by Gasteiger charge is -2.27. The van der Waals surface area contributed by atoms with E-state index in [0.717, 1.165) is 36.7 Å². The first kappa shape index (κ1) is 14.8. The highest BCUT2D eigenvalue weighted by Crippen LogP contribution is 2.32. The molecule has 0 atom stereocenters. The van der Waals surface area contributed by atoms with Gasteiger partial charge in [0.1, 0.15) is 5.65 Å². The molecule has 0 saturated carbocycles. The smallest absolute Gasteiger partial charge is 0.286 e. The second kappa shape index (κ2) is 6.02. The van der Waals surface area contributed by atoms with Crippen molar-refractivity contribution in [2.75, 3.05) is 13.1 Å². The van der Waals surface area contributed by atoms with Gasteiger partial charge in [-0.25, -0.2) is 4.98 Å². The van der Waals surface area contributed by atoms with Crippen LogP contribution in [0.2, 0.25) is 5.15 Å². The Labute approximate surface area is 143 Å². The van der Waals surface area contributed by atoms with Gasteiger partial charge in [0.2, 0.25) is 0 Å². The van der Waals surface area contributed by atoms with Crippen LogP contribution in [-0.4, -0.2) is 38.4 Å². The monoisotopic (exact) mass is 346 g/mol. The number of amides is 1. The quantitative estimate of drug-likeness (QED) is 0.742. The fourth-order valence-corrected chi connectivity index (χ4v) is 4.03. The number of fused-ring (bicyclic) bond motifs is 1. The van der Waals surface area contributed by atoms with Crippen molar-refractivity contribution in [3.05, 3.63) is 40.1 Å². The number of halogens is 1. The maximum atomic E-state index is 12.2. The molecule has 4 heterocycles. The number of hydrogen-bond donors (Lipinski definition) is 0. The van der Waals surface area contributed by atoms with Gasteiger partial charge >= 0.3 is 0 Å². The second-order valence-corrected chi connectivity index (χ2v) is 6.94. The van der Waals surface area contributed by atoms with Crippen LogP contribution in [-0.2, 0) is 4.79 Å². The lowest BCUT2D eigenvalue weighted by molar-refractivity contribution is -0.113. The van der Waals surface area contributed by atoms with Crippen molar-refractivity contribution < 1.29 is 4.79 Å². The molecule has 7 heteroatoms. The van der Waals surface area contributed by atoms with Crippen molar-refractivity contribution in [1.29, 1.82) is 0 Å². The third-order valence-corrected chi connectivity index (χ3v) is 5.35. The maximum Gasteiger partial charge on any atom is 0.286 e. The first-order chi connectivity index (χ1) is 11.2. The second-order valence-electron chi connectivity index (χ2n) is 5.57. The van der Waals surface area contributed by atoms with Crippen LogP contribution in [0.25, 0.3) is 11.7 Å². The number of carbonyl (C=O) groups excluding carboxylic acids is 1. The van der Waals surface area contributed by atoms with E-state index in [-0.39, 0.29) is 5.91 Å². The summed E-state index contributed by atoms with van der Waals surface area (Å²) >= 11 is 7.66. The van der Waals surface area contributed by atoms with Crippen LogP contribution in [0.4, 0.5) is 0 Å². The van der Waals surface area contributed by atoms with Crippen LogP contribution in [0, 0.1) is 0 Å². The zero-order valence-corrected chi connectivity index (χ0v) is 14.0. The molecular weight excluding hydrogens is 332 g/mol. The van der Waals surface area contributed by atoms with E-state index in [9.17, 15) is 4.79 Å². The van der Waals surface area contributed by atoms with Crippen LogP contribution < -0.4 is 0 Å². The van der Waals surface area contributed by atoms with Crippen molar-refractivity contribution in [2.24, 2.45) is 4.99 Å². The molecule has 5 nitrogen and oxygen atoms in total. The predicted octanol–water partition coefficient (Wildman–Crippen LogP) is 3.44. The number of pyridine rings is 1. The minimum atomic E-state index is -0.197. The number of aromatic nitrogens is 2. The third kappa shape index (κ3) is 2.77. The van der Waals surface area contributed by atoms with E-state index in [1.165, 1.54) is 18.2 Å².